The van der Waals surface area contributed by atoms with Crippen molar-refractivity contribution in [2.24, 2.45) is 5.41 Å². The van der Waals surface area contributed by atoms with E-state index in [-0.39, 0.29) is 12.5 Å². The number of para-hydroxylation sites is 1. The van der Waals surface area contributed by atoms with Crippen LogP contribution in [0.5, 0.6) is 5.75 Å². The van der Waals surface area contributed by atoms with Crippen LogP contribution in [0.15, 0.2) is 54.6 Å². The second kappa shape index (κ2) is 11.5. The SMILES string of the molecule is CCCOc1ccccc1CN1CCC2(CC1)CCN(C(=O)c1ccccc1)CC2OC(=O)C(F)(F)F. The fraction of sp³-hybridized carbons (Fsp3) is 0.500. The van der Waals surface area contributed by atoms with Gasteiger partial charge in [-0.3, -0.25) is 9.69 Å². The Labute approximate surface area is 215 Å². The van der Waals surface area contributed by atoms with E-state index in [1.54, 1.807) is 30.3 Å². The number of carbonyl (C=O) groups is 2. The average Bonchev–Trinajstić information content (AvgIpc) is 2.90. The molecule has 2 fully saturated rings. The van der Waals surface area contributed by atoms with E-state index in [0.29, 0.717) is 57.6 Å². The van der Waals surface area contributed by atoms with Crippen LogP contribution >= 0.6 is 0 Å². The molecule has 2 aromatic rings. The molecule has 0 N–H and O–H groups in total. The standard InChI is InChI=1S/C28H33F3N2O4/c1-2-18-36-23-11-7-6-10-22(23)19-32-15-12-27(13-16-32)14-17-33(25(34)21-8-4-3-5-9-21)20-24(27)37-26(35)28(29,30)31/h3-11,24H,2,12-20H2,1H3. The molecule has 6 nitrogen and oxygen atoms in total. The molecule has 2 aliphatic rings. The van der Waals surface area contributed by atoms with E-state index in [4.69, 9.17) is 9.47 Å². The maximum absolute atomic E-state index is 13.1. The molecule has 0 bridgehead atoms. The summed E-state index contributed by atoms with van der Waals surface area (Å²) in [5, 5.41) is 0. The molecule has 2 heterocycles. The van der Waals surface area contributed by atoms with Crippen molar-refractivity contribution in [1.82, 2.24) is 9.80 Å². The van der Waals surface area contributed by atoms with Gasteiger partial charge < -0.3 is 14.4 Å². The van der Waals surface area contributed by atoms with Gasteiger partial charge in [0, 0.05) is 29.6 Å². The molecule has 2 aliphatic heterocycles. The molecule has 0 saturated carbocycles. The Morgan fingerprint density at radius 3 is 2.30 bits per heavy atom. The summed E-state index contributed by atoms with van der Waals surface area (Å²) in [6.45, 7) is 4.99. The van der Waals surface area contributed by atoms with Crippen LogP contribution in [0.3, 0.4) is 0 Å². The summed E-state index contributed by atoms with van der Waals surface area (Å²) in [5.74, 6) is -1.63. The molecule has 4 rings (SSSR count). The van der Waals surface area contributed by atoms with Crippen molar-refractivity contribution in [2.75, 3.05) is 32.8 Å². The molecule has 9 heteroatoms. The number of amides is 1. The van der Waals surface area contributed by atoms with Crippen molar-refractivity contribution in [3.8, 4) is 5.75 Å². The van der Waals surface area contributed by atoms with E-state index in [1.165, 1.54) is 4.90 Å². The fourth-order valence-corrected chi connectivity index (χ4v) is 5.27. The van der Waals surface area contributed by atoms with Crippen molar-refractivity contribution in [3.63, 3.8) is 0 Å². The van der Waals surface area contributed by atoms with Crippen LogP contribution in [0.4, 0.5) is 13.2 Å². The molecule has 1 unspecified atom stereocenters. The number of alkyl halides is 3. The number of esters is 1. The van der Waals surface area contributed by atoms with E-state index in [9.17, 15) is 22.8 Å². The van der Waals surface area contributed by atoms with Crippen molar-refractivity contribution in [3.05, 3.63) is 65.7 Å². The number of carbonyl (C=O) groups excluding carboxylic acids is 2. The molecule has 37 heavy (non-hydrogen) atoms. The van der Waals surface area contributed by atoms with Gasteiger partial charge in [-0.1, -0.05) is 43.3 Å². The minimum absolute atomic E-state index is 0.0523. The van der Waals surface area contributed by atoms with Gasteiger partial charge in [-0.15, -0.1) is 0 Å². The molecule has 1 spiro atoms. The highest BCUT2D eigenvalue weighted by molar-refractivity contribution is 5.94. The summed E-state index contributed by atoms with van der Waals surface area (Å²) >= 11 is 0. The number of piperidine rings is 2. The molecule has 1 amide bonds. The van der Waals surface area contributed by atoms with Crippen molar-refractivity contribution >= 4 is 11.9 Å². The largest absolute Gasteiger partial charge is 0.493 e. The highest BCUT2D eigenvalue weighted by Gasteiger charge is 2.51. The Balaban J connectivity index is 1.46. The lowest BCUT2D eigenvalue weighted by Crippen LogP contribution is -2.58. The molecule has 2 saturated heterocycles. The minimum atomic E-state index is -5.09. The minimum Gasteiger partial charge on any atom is -0.493 e. The zero-order chi connectivity index (χ0) is 26.5. The molecule has 0 radical (unpaired) electrons. The van der Waals surface area contributed by atoms with Crippen LogP contribution in [-0.4, -0.2) is 66.7 Å². The van der Waals surface area contributed by atoms with Crippen molar-refractivity contribution in [1.29, 1.82) is 0 Å². The van der Waals surface area contributed by atoms with Gasteiger partial charge >= 0.3 is 12.1 Å². The average molecular weight is 519 g/mol. The number of hydrogen-bond donors (Lipinski definition) is 0. The third-order valence-electron chi connectivity index (χ3n) is 7.42. The van der Waals surface area contributed by atoms with Gasteiger partial charge in [-0.2, -0.15) is 13.2 Å². The normalized spacial score (nSPS) is 20.0. The zero-order valence-corrected chi connectivity index (χ0v) is 21.0. The lowest BCUT2D eigenvalue weighted by molar-refractivity contribution is -0.216. The topological polar surface area (TPSA) is 59.1 Å². The zero-order valence-electron chi connectivity index (χ0n) is 21.0. The van der Waals surface area contributed by atoms with Crippen LogP contribution in [0, 0.1) is 5.41 Å². The predicted molar refractivity (Wildman–Crippen MR) is 132 cm³/mol. The third kappa shape index (κ3) is 6.44. The second-order valence-corrected chi connectivity index (χ2v) is 9.85. The first-order chi connectivity index (χ1) is 17.7. The van der Waals surface area contributed by atoms with Crippen LogP contribution in [0.2, 0.25) is 0 Å². The maximum Gasteiger partial charge on any atom is 0.490 e. The lowest BCUT2D eigenvalue weighted by Gasteiger charge is -2.51. The molecule has 200 valence electrons. The van der Waals surface area contributed by atoms with Crippen LogP contribution in [0.25, 0.3) is 0 Å². The fourth-order valence-electron chi connectivity index (χ4n) is 5.27. The predicted octanol–water partition coefficient (Wildman–Crippen LogP) is 5.08. The van der Waals surface area contributed by atoms with Gasteiger partial charge in [0.15, 0.2) is 0 Å². The smallest absolute Gasteiger partial charge is 0.490 e. The van der Waals surface area contributed by atoms with Gasteiger partial charge in [0.25, 0.3) is 5.91 Å². The highest BCUT2D eigenvalue weighted by atomic mass is 19.4. The van der Waals surface area contributed by atoms with E-state index in [1.807, 2.05) is 31.2 Å². The van der Waals surface area contributed by atoms with Gasteiger partial charge in [-0.05, 0) is 57.0 Å². The Morgan fingerprint density at radius 2 is 1.62 bits per heavy atom. The highest BCUT2D eigenvalue weighted by Crippen LogP contribution is 2.44. The van der Waals surface area contributed by atoms with E-state index in [2.05, 4.69) is 4.90 Å². The number of nitrogens with zero attached hydrogens (tertiary/aromatic N) is 2. The Bertz CT molecular complexity index is 1070. The first-order valence-corrected chi connectivity index (χ1v) is 12.8. The third-order valence-corrected chi connectivity index (χ3v) is 7.42. The number of benzene rings is 2. The quantitative estimate of drug-likeness (QED) is 0.479. The van der Waals surface area contributed by atoms with Crippen LogP contribution in [0.1, 0.15) is 48.5 Å². The van der Waals surface area contributed by atoms with Gasteiger partial charge in [0.1, 0.15) is 11.9 Å². The summed E-state index contributed by atoms with van der Waals surface area (Å²) in [5.41, 5.74) is 0.914. The monoisotopic (exact) mass is 518 g/mol. The Morgan fingerprint density at radius 1 is 0.973 bits per heavy atom. The molecule has 2 aromatic carbocycles. The summed E-state index contributed by atoms with van der Waals surface area (Å²) in [6, 6.07) is 16.5. The number of ether oxygens (including phenoxy) is 2. The van der Waals surface area contributed by atoms with Gasteiger partial charge in [0.2, 0.25) is 0 Å². The van der Waals surface area contributed by atoms with E-state index in [0.717, 1.165) is 17.7 Å². The van der Waals surface area contributed by atoms with E-state index < -0.39 is 23.7 Å². The summed E-state index contributed by atoms with van der Waals surface area (Å²) in [4.78, 5) is 28.6. The molecular formula is C28H33F3N2O4. The molecule has 1 atom stereocenters. The number of rotatable bonds is 7. The summed E-state index contributed by atoms with van der Waals surface area (Å²) in [6.07, 6.45) is -3.57. The maximum atomic E-state index is 13.1. The summed E-state index contributed by atoms with van der Waals surface area (Å²) < 4.78 is 50.4. The first-order valence-electron chi connectivity index (χ1n) is 12.8. The lowest BCUT2D eigenvalue weighted by atomic mass is 9.69. The molecule has 0 aliphatic carbocycles. The Kier molecular flexibility index (Phi) is 8.42. The molecular weight excluding hydrogens is 485 g/mol. The van der Waals surface area contributed by atoms with Crippen molar-refractivity contribution in [2.45, 2.75) is 51.4 Å². The van der Waals surface area contributed by atoms with Crippen LogP contribution in [-0.2, 0) is 16.1 Å². The van der Waals surface area contributed by atoms with Crippen molar-refractivity contribution < 1.29 is 32.2 Å². The molecule has 0 aromatic heterocycles. The van der Waals surface area contributed by atoms with Crippen LogP contribution < -0.4 is 4.74 Å². The number of halogens is 3. The number of hydrogen-bond acceptors (Lipinski definition) is 5. The van der Waals surface area contributed by atoms with E-state index >= 15 is 0 Å². The Hall–Kier alpha value is -3.07. The van der Waals surface area contributed by atoms with Gasteiger partial charge in [-0.25, -0.2) is 4.79 Å². The second-order valence-electron chi connectivity index (χ2n) is 9.85. The summed E-state index contributed by atoms with van der Waals surface area (Å²) in [7, 11) is 0. The first kappa shape index (κ1) is 27.0. The van der Waals surface area contributed by atoms with Gasteiger partial charge in [0.05, 0.1) is 13.2 Å². The number of likely N-dealkylation sites (tertiary alicyclic amines) is 2.